The number of nitrogens with zero attached hydrogens (tertiary/aromatic N) is 2. The zero-order valence-corrected chi connectivity index (χ0v) is 15.1. The molecule has 1 unspecified atom stereocenters. The highest BCUT2D eigenvalue weighted by molar-refractivity contribution is 9.11. The molecule has 2 rings (SSSR count). The number of benzene rings is 1. The molecule has 0 spiro atoms. The number of hydrogen-bond acceptors (Lipinski definition) is 5. The van der Waals surface area contributed by atoms with E-state index in [9.17, 15) is 0 Å². The molecule has 1 heterocycles. The first kappa shape index (κ1) is 16.5. The van der Waals surface area contributed by atoms with Crippen molar-refractivity contribution in [1.82, 2.24) is 10.1 Å². The number of anilines is 1. The highest BCUT2D eigenvalue weighted by Gasteiger charge is 2.20. The molecule has 0 saturated heterocycles. The van der Waals surface area contributed by atoms with E-state index in [2.05, 4.69) is 48.9 Å². The van der Waals surface area contributed by atoms with Crippen LogP contribution in [0.1, 0.15) is 38.6 Å². The summed E-state index contributed by atoms with van der Waals surface area (Å²) in [7, 11) is 0. The van der Waals surface area contributed by atoms with E-state index in [1.54, 1.807) is 0 Å². The summed E-state index contributed by atoms with van der Waals surface area (Å²) in [6.07, 6.45) is 1.69. The standard InChI is InChI=1S/C14H17Br2N3O2/c1-3-5-11(20-4-2)13-18-14(21-19-13)9-6-8(15)7-10(16)12(9)17/h6-7,11H,3-5,17H2,1-2H3. The predicted molar refractivity (Wildman–Crippen MR) is 88.8 cm³/mol. The van der Waals surface area contributed by atoms with Crippen molar-refractivity contribution in [1.29, 1.82) is 0 Å². The lowest BCUT2D eigenvalue weighted by molar-refractivity contribution is 0.0478. The fourth-order valence-corrected chi connectivity index (χ4v) is 3.21. The highest BCUT2D eigenvalue weighted by atomic mass is 79.9. The van der Waals surface area contributed by atoms with Gasteiger partial charge in [0.05, 0.1) is 11.3 Å². The minimum atomic E-state index is -0.144. The van der Waals surface area contributed by atoms with Crippen molar-refractivity contribution < 1.29 is 9.26 Å². The minimum absolute atomic E-state index is 0.144. The van der Waals surface area contributed by atoms with E-state index < -0.39 is 0 Å². The van der Waals surface area contributed by atoms with Crippen LogP contribution in [-0.2, 0) is 4.74 Å². The first-order valence-corrected chi connectivity index (χ1v) is 8.35. The predicted octanol–water partition coefficient (Wildman–Crippen LogP) is 4.72. The van der Waals surface area contributed by atoms with Crippen LogP contribution >= 0.6 is 31.9 Å². The van der Waals surface area contributed by atoms with Crippen molar-refractivity contribution in [2.75, 3.05) is 12.3 Å². The SMILES string of the molecule is CCCC(OCC)c1noc(-c2cc(Br)cc(Br)c2N)n1. The van der Waals surface area contributed by atoms with Crippen LogP contribution in [0.4, 0.5) is 5.69 Å². The smallest absolute Gasteiger partial charge is 0.260 e. The van der Waals surface area contributed by atoms with Crippen molar-refractivity contribution in [2.24, 2.45) is 0 Å². The number of nitrogen functional groups attached to an aromatic ring is 1. The van der Waals surface area contributed by atoms with Crippen LogP contribution in [0.25, 0.3) is 11.5 Å². The summed E-state index contributed by atoms with van der Waals surface area (Å²) in [5.41, 5.74) is 7.32. The number of aromatic nitrogens is 2. The second-order valence-electron chi connectivity index (χ2n) is 4.54. The zero-order chi connectivity index (χ0) is 15.4. The Morgan fingerprint density at radius 2 is 2.10 bits per heavy atom. The Balaban J connectivity index is 2.35. The average Bonchev–Trinajstić information content (AvgIpc) is 2.92. The van der Waals surface area contributed by atoms with E-state index in [4.69, 9.17) is 15.0 Å². The van der Waals surface area contributed by atoms with Crippen LogP contribution in [0.2, 0.25) is 0 Å². The lowest BCUT2D eigenvalue weighted by Gasteiger charge is -2.11. The highest BCUT2D eigenvalue weighted by Crippen LogP contribution is 2.35. The van der Waals surface area contributed by atoms with E-state index in [1.807, 2.05) is 19.1 Å². The maximum Gasteiger partial charge on any atom is 0.260 e. The molecule has 21 heavy (non-hydrogen) atoms. The van der Waals surface area contributed by atoms with Gasteiger partial charge in [0, 0.05) is 15.6 Å². The molecule has 2 aromatic rings. The number of halogens is 2. The van der Waals surface area contributed by atoms with E-state index in [1.165, 1.54) is 0 Å². The molecule has 114 valence electrons. The molecule has 0 amide bonds. The summed E-state index contributed by atoms with van der Waals surface area (Å²) in [4.78, 5) is 4.44. The van der Waals surface area contributed by atoms with Gasteiger partial charge >= 0.3 is 0 Å². The van der Waals surface area contributed by atoms with E-state index in [0.29, 0.717) is 29.6 Å². The lowest BCUT2D eigenvalue weighted by atomic mass is 10.2. The summed E-state index contributed by atoms with van der Waals surface area (Å²) < 4.78 is 12.7. The molecular formula is C14H17Br2N3O2. The Hall–Kier alpha value is -0.920. The molecule has 0 saturated carbocycles. The molecule has 0 radical (unpaired) electrons. The number of nitrogens with two attached hydrogens (primary N) is 1. The Morgan fingerprint density at radius 1 is 1.33 bits per heavy atom. The largest absolute Gasteiger partial charge is 0.397 e. The van der Waals surface area contributed by atoms with E-state index in [-0.39, 0.29) is 6.10 Å². The van der Waals surface area contributed by atoms with Gasteiger partial charge in [-0.1, -0.05) is 34.4 Å². The van der Waals surface area contributed by atoms with Crippen molar-refractivity contribution in [3.63, 3.8) is 0 Å². The van der Waals surface area contributed by atoms with Gasteiger partial charge in [-0.2, -0.15) is 4.98 Å². The van der Waals surface area contributed by atoms with Crippen molar-refractivity contribution in [3.05, 3.63) is 26.9 Å². The Bertz CT molecular complexity index is 610. The summed E-state index contributed by atoms with van der Waals surface area (Å²) in [5.74, 6) is 0.953. The normalized spacial score (nSPS) is 12.6. The molecule has 1 aromatic heterocycles. The fraction of sp³-hybridized carbons (Fsp3) is 0.429. The maximum absolute atomic E-state index is 6.06. The number of rotatable bonds is 6. The van der Waals surface area contributed by atoms with Gasteiger partial charge in [-0.25, -0.2) is 0 Å². The third-order valence-electron chi connectivity index (χ3n) is 2.97. The summed E-state index contributed by atoms with van der Waals surface area (Å²) in [6.45, 7) is 4.66. The maximum atomic E-state index is 6.06. The first-order chi connectivity index (χ1) is 10.1. The second kappa shape index (κ2) is 7.38. The molecule has 1 aromatic carbocycles. The summed E-state index contributed by atoms with van der Waals surface area (Å²) in [6, 6.07) is 3.73. The zero-order valence-electron chi connectivity index (χ0n) is 11.9. The Kier molecular flexibility index (Phi) is 5.78. The molecule has 1 atom stereocenters. The van der Waals surface area contributed by atoms with Crippen LogP contribution in [0.5, 0.6) is 0 Å². The van der Waals surface area contributed by atoms with Gasteiger partial charge in [0.25, 0.3) is 5.89 Å². The van der Waals surface area contributed by atoms with E-state index in [0.717, 1.165) is 21.8 Å². The summed E-state index contributed by atoms with van der Waals surface area (Å²) in [5, 5.41) is 4.03. The molecular weight excluding hydrogens is 402 g/mol. The van der Waals surface area contributed by atoms with Crippen molar-refractivity contribution in [2.45, 2.75) is 32.8 Å². The van der Waals surface area contributed by atoms with Gasteiger partial charge in [-0.3, -0.25) is 0 Å². The average molecular weight is 419 g/mol. The van der Waals surface area contributed by atoms with Crippen LogP contribution in [0.3, 0.4) is 0 Å². The van der Waals surface area contributed by atoms with E-state index >= 15 is 0 Å². The fourth-order valence-electron chi connectivity index (χ4n) is 1.99. The number of ether oxygens (including phenoxy) is 1. The van der Waals surface area contributed by atoms with Crippen LogP contribution in [0.15, 0.2) is 25.6 Å². The van der Waals surface area contributed by atoms with Gasteiger partial charge in [-0.15, -0.1) is 0 Å². The van der Waals surface area contributed by atoms with Crippen LogP contribution in [-0.4, -0.2) is 16.7 Å². The van der Waals surface area contributed by atoms with Crippen molar-refractivity contribution in [3.8, 4) is 11.5 Å². The van der Waals surface area contributed by atoms with Crippen LogP contribution in [0, 0.1) is 0 Å². The Morgan fingerprint density at radius 3 is 2.76 bits per heavy atom. The quantitative estimate of drug-likeness (QED) is 0.686. The van der Waals surface area contributed by atoms with Gasteiger partial charge in [0.2, 0.25) is 5.82 Å². The molecule has 7 heteroatoms. The number of hydrogen-bond donors (Lipinski definition) is 1. The van der Waals surface area contributed by atoms with Crippen molar-refractivity contribution >= 4 is 37.5 Å². The van der Waals surface area contributed by atoms with Gasteiger partial charge in [-0.05, 0) is 41.4 Å². The molecule has 0 aliphatic rings. The molecule has 0 aliphatic carbocycles. The lowest BCUT2D eigenvalue weighted by Crippen LogP contribution is -2.06. The molecule has 5 nitrogen and oxygen atoms in total. The van der Waals surface area contributed by atoms with Gasteiger partial charge in [0.1, 0.15) is 6.10 Å². The molecule has 2 N–H and O–H groups in total. The monoisotopic (exact) mass is 417 g/mol. The molecule has 0 aliphatic heterocycles. The van der Waals surface area contributed by atoms with Gasteiger partial charge in [0.15, 0.2) is 0 Å². The molecule has 0 bridgehead atoms. The first-order valence-electron chi connectivity index (χ1n) is 6.76. The second-order valence-corrected chi connectivity index (χ2v) is 6.31. The topological polar surface area (TPSA) is 74.2 Å². The van der Waals surface area contributed by atoms with Gasteiger partial charge < -0.3 is 15.0 Å². The Labute approximate surface area is 140 Å². The third-order valence-corrected chi connectivity index (χ3v) is 4.09. The summed E-state index contributed by atoms with van der Waals surface area (Å²) >= 11 is 6.84. The third kappa shape index (κ3) is 3.84. The molecule has 0 fully saturated rings. The van der Waals surface area contributed by atoms with Crippen LogP contribution < -0.4 is 5.73 Å². The minimum Gasteiger partial charge on any atom is -0.397 e.